The number of benzene rings is 2. The summed E-state index contributed by atoms with van der Waals surface area (Å²) in [6.07, 6.45) is 0. The van der Waals surface area contributed by atoms with Crippen molar-refractivity contribution in [2.75, 3.05) is 24.9 Å². The van der Waals surface area contributed by atoms with E-state index in [1.807, 2.05) is 31.2 Å². The monoisotopic (exact) mass is 435 g/mol. The molecule has 164 valence electrons. The van der Waals surface area contributed by atoms with Crippen molar-refractivity contribution in [3.63, 3.8) is 0 Å². The van der Waals surface area contributed by atoms with E-state index in [9.17, 15) is 17.6 Å². The first kappa shape index (κ1) is 23.8. The molecule has 2 aromatic carbocycles. The van der Waals surface area contributed by atoms with E-state index in [-0.39, 0.29) is 17.1 Å². The van der Waals surface area contributed by atoms with Crippen LogP contribution in [-0.4, -0.2) is 39.3 Å². The Bertz CT molecular complexity index is 966. The summed E-state index contributed by atoms with van der Waals surface area (Å²) in [7, 11) is -1.18. The SMILES string of the molecule is C[C@@H](NC(=O)CN(c1ccc(F)cc1)S(=O)(=O)N(C)C)c1ccc(C(C)(C)C)cc1. The predicted octanol–water partition coefficient (Wildman–Crippen LogP) is 3.61. The first-order valence-corrected chi connectivity index (χ1v) is 11.1. The van der Waals surface area contributed by atoms with Crippen LogP contribution < -0.4 is 9.62 Å². The Labute approximate surface area is 178 Å². The second-order valence-electron chi connectivity index (χ2n) is 8.43. The summed E-state index contributed by atoms with van der Waals surface area (Å²) in [5.41, 5.74) is 2.34. The van der Waals surface area contributed by atoms with E-state index in [1.165, 1.54) is 31.8 Å². The number of nitrogens with one attached hydrogen (secondary N) is 1. The molecular formula is C22H30FN3O3S. The Balaban J connectivity index is 2.18. The van der Waals surface area contributed by atoms with Gasteiger partial charge in [0.25, 0.3) is 0 Å². The molecule has 0 saturated carbocycles. The number of amides is 1. The summed E-state index contributed by atoms with van der Waals surface area (Å²) in [6, 6.07) is 12.6. The van der Waals surface area contributed by atoms with E-state index in [0.717, 1.165) is 26.3 Å². The average Bonchev–Trinajstić information content (AvgIpc) is 2.66. The fraction of sp³-hybridized carbons (Fsp3) is 0.409. The van der Waals surface area contributed by atoms with Gasteiger partial charge in [-0.2, -0.15) is 12.7 Å². The van der Waals surface area contributed by atoms with Crippen LogP contribution in [-0.2, 0) is 20.4 Å². The first-order valence-electron chi connectivity index (χ1n) is 9.68. The molecule has 1 N–H and O–H groups in total. The maximum absolute atomic E-state index is 13.3. The van der Waals surface area contributed by atoms with Crippen LogP contribution in [0, 0.1) is 5.82 Å². The minimum Gasteiger partial charge on any atom is -0.348 e. The molecule has 2 aromatic rings. The Morgan fingerprint density at radius 2 is 1.57 bits per heavy atom. The molecule has 0 radical (unpaired) electrons. The molecule has 0 aliphatic carbocycles. The Morgan fingerprint density at radius 3 is 2.03 bits per heavy atom. The van der Waals surface area contributed by atoms with E-state index < -0.39 is 28.5 Å². The van der Waals surface area contributed by atoms with Crippen LogP contribution in [0.2, 0.25) is 0 Å². The summed E-state index contributed by atoms with van der Waals surface area (Å²) >= 11 is 0. The molecule has 0 unspecified atom stereocenters. The van der Waals surface area contributed by atoms with Gasteiger partial charge in [0.05, 0.1) is 11.7 Å². The van der Waals surface area contributed by atoms with Crippen molar-refractivity contribution < 1.29 is 17.6 Å². The molecule has 0 fully saturated rings. The Kier molecular flexibility index (Phi) is 7.26. The van der Waals surface area contributed by atoms with Gasteiger partial charge < -0.3 is 5.32 Å². The van der Waals surface area contributed by atoms with Crippen LogP contribution in [0.3, 0.4) is 0 Å². The van der Waals surface area contributed by atoms with Crippen LogP contribution in [0.4, 0.5) is 10.1 Å². The maximum Gasteiger partial charge on any atom is 0.304 e. The highest BCUT2D eigenvalue weighted by Gasteiger charge is 2.28. The van der Waals surface area contributed by atoms with Crippen molar-refractivity contribution in [1.82, 2.24) is 9.62 Å². The molecule has 0 bridgehead atoms. The third kappa shape index (κ3) is 5.79. The lowest BCUT2D eigenvalue weighted by Crippen LogP contribution is -2.46. The van der Waals surface area contributed by atoms with Crippen molar-refractivity contribution in [3.05, 3.63) is 65.5 Å². The third-order valence-corrected chi connectivity index (χ3v) is 6.62. The van der Waals surface area contributed by atoms with Gasteiger partial charge in [-0.25, -0.2) is 8.70 Å². The van der Waals surface area contributed by atoms with Gasteiger partial charge in [-0.05, 0) is 47.7 Å². The van der Waals surface area contributed by atoms with E-state index in [1.54, 1.807) is 0 Å². The molecule has 0 aromatic heterocycles. The quantitative estimate of drug-likeness (QED) is 0.722. The fourth-order valence-electron chi connectivity index (χ4n) is 2.88. The van der Waals surface area contributed by atoms with Gasteiger partial charge in [0.15, 0.2) is 0 Å². The number of hydrogen-bond acceptors (Lipinski definition) is 3. The lowest BCUT2D eigenvalue weighted by atomic mass is 9.86. The highest BCUT2D eigenvalue weighted by Crippen LogP contribution is 2.24. The number of anilines is 1. The Hall–Kier alpha value is -2.45. The smallest absolute Gasteiger partial charge is 0.304 e. The van der Waals surface area contributed by atoms with Gasteiger partial charge in [0.2, 0.25) is 5.91 Å². The van der Waals surface area contributed by atoms with Crippen molar-refractivity contribution >= 4 is 21.8 Å². The Morgan fingerprint density at radius 1 is 1.03 bits per heavy atom. The molecule has 1 atom stereocenters. The summed E-state index contributed by atoms with van der Waals surface area (Å²) in [6.45, 7) is 7.80. The van der Waals surface area contributed by atoms with Crippen LogP contribution in [0.1, 0.15) is 44.9 Å². The number of rotatable bonds is 7. The largest absolute Gasteiger partial charge is 0.348 e. The summed E-state index contributed by atoms with van der Waals surface area (Å²) < 4.78 is 40.7. The zero-order valence-corrected chi connectivity index (χ0v) is 19.1. The van der Waals surface area contributed by atoms with Crippen molar-refractivity contribution in [2.24, 2.45) is 0 Å². The molecule has 6 nitrogen and oxygen atoms in total. The second-order valence-corrected chi connectivity index (χ2v) is 10.5. The molecule has 0 spiro atoms. The van der Waals surface area contributed by atoms with Crippen molar-refractivity contribution in [2.45, 2.75) is 39.2 Å². The minimum absolute atomic E-state index is 0.0290. The molecule has 1 amide bonds. The number of hydrogen-bond donors (Lipinski definition) is 1. The number of nitrogens with zero attached hydrogens (tertiary/aromatic N) is 2. The van der Waals surface area contributed by atoms with Gasteiger partial charge >= 0.3 is 10.2 Å². The molecule has 0 aliphatic heterocycles. The van der Waals surface area contributed by atoms with E-state index in [0.29, 0.717) is 0 Å². The van der Waals surface area contributed by atoms with Crippen LogP contribution >= 0.6 is 0 Å². The van der Waals surface area contributed by atoms with Crippen LogP contribution in [0.15, 0.2) is 48.5 Å². The molecule has 2 rings (SSSR count). The zero-order valence-electron chi connectivity index (χ0n) is 18.3. The molecule has 8 heteroatoms. The maximum atomic E-state index is 13.3. The van der Waals surface area contributed by atoms with Gasteiger partial charge in [0.1, 0.15) is 12.4 Å². The zero-order chi connectivity index (χ0) is 22.7. The van der Waals surface area contributed by atoms with Gasteiger partial charge in [-0.3, -0.25) is 4.79 Å². The topological polar surface area (TPSA) is 69.7 Å². The van der Waals surface area contributed by atoms with Gasteiger partial charge in [0, 0.05) is 14.1 Å². The van der Waals surface area contributed by atoms with Crippen molar-refractivity contribution in [3.8, 4) is 0 Å². The number of carbonyl (C=O) groups excluding carboxylic acids is 1. The fourth-order valence-corrected chi connectivity index (χ4v) is 3.95. The summed E-state index contributed by atoms with van der Waals surface area (Å²) in [5.74, 6) is -0.949. The highest BCUT2D eigenvalue weighted by molar-refractivity contribution is 7.90. The minimum atomic E-state index is -3.94. The summed E-state index contributed by atoms with van der Waals surface area (Å²) in [4.78, 5) is 12.7. The van der Waals surface area contributed by atoms with E-state index in [4.69, 9.17) is 0 Å². The lowest BCUT2D eigenvalue weighted by Gasteiger charge is -2.27. The van der Waals surface area contributed by atoms with E-state index >= 15 is 0 Å². The van der Waals surface area contributed by atoms with Crippen LogP contribution in [0.25, 0.3) is 0 Å². The van der Waals surface area contributed by atoms with Gasteiger partial charge in [-0.15, -0.1) is 0 Å². The molecule has 0 heterocycles. The average molecular weight is 436 g/mol. The number of halogens is 1. The molecular weight excluding hydrogens is 405 g/mol. The second kappa shape index (κ2) is 9.14. The number of carbonyl (C=O) groups is 1. The standard InChI is InChI=1S/C22H30FN3O3S/c1-16(17-7-9-18(10-8-17)22(2,3)4)24-21(27)15-26(30(28,29)25(5)6)20-13-11-19(23)12-14-20/h7-14,16H,15H2,1-6H3,(H,24,27)/t16-/m1/s1. The lowest BCUT2D eigenvalue weighted by molar-refractivity contribution is -0.120. The first-order chi connectivity index (χ1) is 13.8. The highest BCUT2D eigenvalue weighted by atomic mass is 32.2. The third-order valence-electron chi connectivity index (χ3n) is 4.80. The predicted molar refractivity (Wildman–Crippen MR) is 118 cm³/mol. The van der Waals surface area contributed by atoms with Crippen LogP contribution in [0.5, 0.6) is 0 Å². The van der Waals surface area contributed by atoms with Gasteiger partial charge in [-0.1, -0.05) is 45.0 Å². The molecule has 30 heavy (non-hydrogen) atoms. The molecule has 0 saturated heterocycles. The van der Waals surface area contributed by atoms with E-state index in [2.05, 4.69) is 26.1 Å². The van der Waals surface area contributed by atoms with Crippen molar-refractivity contribution in [1.29, 1.82) is 0 Å². The molecule has 0 aliphatic rings. The summed E-state index contributed by atoms with van der Waals surface area (Å²) in [5, 5.41) is 2.84. The normalized spacial score (nSPS) is 13.2.